The van der Waals surface area contributed by atoms with Crippen molar-refractivity contribution in [2.24, 2.45) is 0 Å². The number of hydrogen-bond acceptors (Lipinski definition) is 6. The molecule has 3 aromatic rings. The number of thiocarbonyl (C=S) groups is 1. The summed E-state index contributed by atoms with van der Waals surface area (Å²) in [7, 11) is 0. The number of fused-ring (bicyclic) bond motifs is 2. The lowest BCUT2D eigenvalue weighted by atomic mass is 10.2. The number of anilines is 2. The summed E-state index contributed by atoms with van der Waals surface area (Å²) >= 11 is 14.4. The first-order valence-electron chi connectivity index (χ1n) is 9.69. The zero-order chi connectivity index (χ0) is 22.2. The van der Waals surface area contributed by atoms with E-state index in [1.54, 1.807) is 47.2 Å². The molecule has 0 atom stereocenters. The van der Waals surface area contributed by atoms with Crippen LogP contribution in [0.1, 0.15) is 12.2 Å². The highest BCUT2D eigenvalue weighted by atomic mass is 35.5. The van der Waals surface area contributed by atoms with Crippen molar-refractivity contribution >= 4 is 80.9 Å². The number of rotatable bonds is 4. The van der Waals surface area contributed by atoms with E-state index in [0.29, 0.717) is 20.0 Å². The van der Waals surface area contributed by atoms with Crippen LogP contribution in [0.4, 0.5) is 11.4 Å². The van der Waals surface area contributed by atoms with E-state index < -0.39 is 0 Å². The Morgan fingerprint density at radius 1 is 1.06 bits per heavy atom. The molecule has 0 bridgehead atoms. The van der Waals surface area contributed by atoms with E-state index in [1.807, 2.05) is 36.4 Å². The highest BCUT2D eigenvalue weighted by Gasteiger charge is 2.34. The van der Waals surface area contributed by atoms with Crippen molar-refractivity contribution in [3.8, 4) is 0 Å². The van der Waals surface area contributed by atoms with Gasteiger partial charge in [0.2, 0.25) is 5.91 Å². The summed E-state index contributed by atoms with van der Waals surface area (Å²) in [5, 5.41) is 0.557. The Hall–Kier alpha value is -2.52. The second-order valence-corrected chi connectivity index (χ2v) is 10.2. The average Bonchev–Trinajstić information content (AvgIpc) is 3.38. The first-order chi connectivity index (χ1) is 15.5. The van der Waals surface area contributed by atoms with Gasteiger partial charge in [-0.3, -0.25) is 19.4 Å². The average molecular weight is 499 g/mol. The number of carbonyl (C=O) groups excluding carboxylic acids is 2. The summed E-state index contributed by atoms with van der Waals surface area (Å²) < 4.78 is 5.72. The van der Waals surface area contributed by atoms with Gasteiger partial charge < -0.3 is 4.42 Å². The molecule has 160 valence electrons. The molecule has 32 heavy (non-hydrogen) atoms. The molecule has 0 radical (unpaired) electrons. The van der Waals surface area contributed by atoms with Crippen molar-refractivity contribution < 1.29 is 14.0 Å². The molecule has 0 aliphatic carbocycles. The van der Waals surface area contributed by atoms with E-state index >= 15 is 0 Å². The zero-order valence-electron chi connectivity index (χ0n) is 16.5. The molecular weight excluding hydrogens is 484 g/mol. The smallest absolute Gasteiger partial charge is 0.266 e. The fourth-order valence-electron chi connectivity index (χ4n) is 3.51. The number of para-hydroxylation sites is 1. The number of thioether (sulfide) groups is 1. The summed E-state index contributed by atoms with van der Waals surface area (Å²) in [4.78, 5) is 31.8. The van der Waals surface area contributed by atoms with E-state index in [9.17, 15) is 9.59 Å². The lowest BCUT2D eigenvalue weighted by Gasteiger charge is -2.31. The molecule has 2 aliphatic heterocycles. The predicted molar refractivity (Wildman–Crippen MR) is 132 cm³/mol. The van der Waals surface area contributed by atoms with Crippen molar-refractivity contribution in [2.45, 2.75) is 16.2 Å². The number of halogens is 1. The fourth-order valence-corrected chi connectivity index (χ4v) is 6.00. The topological polar surface area (TPSA) is 53.8 Å². The van der Waals surface area contributed by atoms with Crippen LogP contribution in [-0.2, 0) is 9.59 Å². The number of carbonyl (C=O) groups is 2. The molecule has 1 fully saturated rings. The van der Waals surface area contributed by atoms with Gasteiger partial charge in [0, 0.05) is 33.9 Å². The van der Waals surface area contributed by atoms with Crippen LogP contribution in [0.2, 0.25) is 5.02 Å². The first-order valence-corrected chi connectivity index (χ1v) is 12.1. The van der Waals surface area contributed by atoms with Gasteiger partial charge in [0.15, 0.2) is 0 Å². The Labute approximate surface area is 203 Å². The van der Waals surface area contributed by atoms with Gasteiger partial charge in [-0.2, -0.15) is 0 Å². The van der Waals surface area contributed by atoms with Crippen LogP contribution >= 0.6 is 47.3 Å². The van der Waals surface area contributed by atoms with Crippen LogP contribution in [-0.4, -0.2) is 27.6 Å². The summed E-state index contributed by atoms with van der Waals surface area (Å²) in [6.45, 7) is 0.195. The van der Waals surface area contributed by atoms with Crippen molar-refractivity contribution in [2.75, 3.05) is 11.4 Å². The first kappa shape index (κ1) is 21.3. The normalized spacial score (nSPS) is 16.5. The molecule has 1 saturated heterocycles. The summed E-state index contributed by atoms with van der Waals surface area (Å²) in [6.07, 6.45) is 3.33. The lowest BCUT2D eigenvalue weighted by molar-refractivity contribution is -0.123. The molecule has 0 N–H and O–H groups in total. The van der Waals surface area contributed by atoms with Gasteiger partial charge in [-0.05, 0) is 42.5 Å². The third-order valence-corrected chi connectivity index (χ3v) is 7.72. The SMILES string of the molecule is O=C1/C(=C\c2ccco2)SC(=S)N1CCC(=O)N1c2ccccc2Sc2ccc(Cl)cc21. The Bertz CT molecular complexity index is 1270. The second-order valence-electron chi connectivity index (χ2n) is 7.01. The number of furan rings is 1. The maximum Gasteiger partial charge on any atom is 0.266 e. The molecule has 9 heteroatoms. The van der Waals surface area contributed by atoms with Crippen LogP contribution in [0.15, 0.2) is 80.0 Å². The third-order valence-electron chi connectivity index (χ3n) is 4.98. The highest BCUT2D eigenvalue weighted by Crippen LogP contribution is 2.49. The van der Waals surface area contributed by atoms with Crippen molar-refractivity contribution in [3.05, 3.63) is 76.5 Å². The van der Waals surface area contributed by atoms with Gasteiger partial charge >= 0.3 is 0 Å². The monoisotopic (exact) mass is 498 g/mol. The molecule has 3 heterocycles. The van der Waals surface area contributed by atoms with Crippen LogP contribution in [0.25, 0.3) is 6.08 Å². The van der Waals surface area contributed by atoms with Gasteiger partial charge in [0.05, 0.1) is 22.5 Å². The molecule has 0 spiro atoms. The minimum atomic E-state index is -0.220. The van der Waals surface area contributed by atoms with Gasteiger partial charge in [-0.15, -0.1) is 0 Å². The molecule has 5 nitrogen and oxygen atoms in total. The molecule has 5 rings (SSSR count). The Kier molecular flexibility index (Phi) is 5.86. The van der Waals surface area contributed by atoms with E-state index in [-0.39, 0.29) is 24.8 Å². The van der Waals surface area contributed by atoms with E-state index in [4.69, 9.17) is 28.2 Å². The lowest BCUT2D eigenvalue weighted by Crippen LogP contribution is -2.35. The van der Waals surface area contributed by atoms with Gasteiger partial charge in [-0.1, -0.05) is 59.5 Å². The van der Waals surface area contributed by atoms with E-state index in [1.165, 1.54) is 16.7 Å². The third kappa shape index (κ3) is 3.99. The summed E-state index contributed by atoms with van der Waals surface area (Å²) in [6, 6.07) is 16.8. The van der Waals surface area contributed by atoms with Crippen LogP contribution < -0.4 is 4.90 Å². The Morgan fingerprint density at radius 2 is 1.88 bits per heavy atom. The molecular formula is C23H15ClN2O3S3. The van der Waals surface area contributed by atoms with Gasteiger partial charge in [0.1, 0.15) is 10.1 Å². The van der Waals surface area contributed by atoms with Gasteiger partial charge in [0.25, 0.3) is 5.91 Å². The molecule has 2 amide bonds. The van der Waals surface area contributed by atoms with Crippen molar-refractivity contribution in [3.63, 3.8) is 0 Å². The number of amides is 2. The van der Waals surface area contributed by atoms with E-state index in [0.717, 1.165) is 21.2 Å². The Balaban J connectivity index is 1.37. The van der Waals surface area contributed by atoms with Crippen LogP contribution in [0, 0.1) is 0 Å². The number of nitrogens with zero attached hydrogens (tertiary/aromatic N) is 2. The molecule has 0 saturated carbocycles. The van der Waals surface area contributed by atoms with Crippen molar-refractivity contribution in [1.82, 2.24) is 4.90 Å². The molecule has 2 aromatic carbocycles. The zero-order valence-corrected chi connectivity index (χ0v) is 19.7. The van der Waals surface area contributed by atoms with E-state index in [2.05, 4.69) is 0 Å². The number of benzene rings is 2. The standard InChI is InChI=1S/C23H15ClN2O3S3/c24-14-7-8-19-17(12-14)26(16-5-1-2-6-18(16)31-19)21(27)9-10-25-22(28)20(32-23(25)30)13-15-4-3-11-29-15/h1-8,11-13H,9-10H2/b20-13+. The minimum absolute atomic E-state index is 0.116. The van der Waals surface area contributed by atoms with Crippen LogP contribution in [0.5, 0.6) is 0 Å². The van der Waals surface area contributed by atoms with Gasteiger partial charge in [-0.25, -0.2) is 0 Å². The second kappa shape index (κ2) is 8.78. The summed E-state index contributed by atoms with van der Waals surface area (Å²) in [5.74, 6) is 0.227. The maximum absolute atomic E-state index is 13.4. The van der Waals surface area contributed by atoms with Crippen LogP contribution in [0.3, 0.4) is 0 Å². The molecule has 0 unspecified atom stereocenters. The number of hydrogen-bond donors (Lipinski definition) is 0. The minimum Gasteiger partial charge on any atom is -0.465 e. The summed E-state index contributed by atoms with van der Waals surface area (Å²) in [5.41, 5.74) is 1.55. The molecule has 2 aliphatic rings. The quantitative estimate of drug-likeness (QED) is 0.308. The largest absolute Gasteiger partial charge is 0.465 e. The Morgan fingerprint density at radius 3 is 2.69 bits per heavy atom. The maximum atomic E-state index is 13.4. The predicted octanol–water partition coefficient (Wildman–Crippen LogP) is 6.35. The fraction of sp³-hybridized carbons (Fsp3) is 0.0870. The van der Waals surface area contributed by atoms with Crippen molar-refractivity contribution in [1.29, 1.82) is 0 Å². The highest BCUT2D eigenvalue weighted by molar-refractivity contribution is 8.26. The molecule has 1 aromatic heterocycles.